The average Bonchev–Trinajstić information content (AvgIpc) is 2.85. The monoisotopic (exact) mass is 476 g/mol. The maximum absolute atomic E-state index is 14.5. The molecule has 190 valence electrons. The van der Waals surface area contributed by atoms with Gasteiger partial charge in [0.25, 0.3) is 6.43 Å². The normalized spacial score (nSPS) is 32.9. The van der Waals surface area contributed by atoms with Crippen LogP contribution in [0.5, 0.6) is 5.75 Å². The van der Waals surface area contributed by atoms with E-state index in [1.165, 1.54) is 70.3 Å². The number of ether oxygens (including phenoxy) is 1. The fourth-order valence-electron chi connectivity index (χ4n) is 7.12. The zero-order valence-corrected chi connectivity index (χ0v) is 21.1. The predicted octanol–water partition coefficient (Wildman–Crippen LogP) is 9.61. The van der Waals surface area contributed by atoms with Crippen LogP contribution in [0.1, 0.15) is 108 Å². The summed E-state index contributed by atoms with van der Waals surface area (Å²) in [6.45, 7) is 4.38. The van der Waals surface area contributed by atoms with Crippen LogP contribution in [0.4, 0.5) is 13.2 Å². The van der Waals surface area contributed by atoms with Crippen LogP contribution in [0.3, 0.4) is 0 Å². The quantitative estimate of drug-likeness (QED) is 0.381. The second-order valence-corrected chi connectivity index (χ2v) is 11.3. The number of alkyl halides is 2. The van der Waals surface area contributed by atoms with Gasteiger partial charge in [0, 0.05) is 0 Å². The summed E-state index contributed by atoms with van der Waals surface area (Å²) in [5.41, 5.74) is -0.270. The lowest BCUT2D eigenvalue weighted by Crippen LogP contribution is -2.29. The first-order valence-corrected chi connectivity index (χ1v) is 13.9. The average molecular weight is 477 g/mol. The highest BCUT2D eigenvalue weighted by molar-refractivity contribution is 5.57. The smallest absolute Gasteiger partial charge is 0.267 e. The third-order valence-corrected chi connectivity index (χ3v) is 9.27. The summed E-state index contributed by atoms with van der Waals surface area (Å²) in [5.74, 6) is 3.99. The molecule has 3 aliphatic rings. The molecular weight excluding hydrogens is 433 g/mol. The van der Waals surface area contributed by atoms with E-state index < -0.39 is 17.8 Å². The molecule has 0 N–H and O–H groups in total. The fourth-order valence-corrected chi connectivity index (χ4v) is 7.12. The molecule has 4 rings (SSSR count). The minimum absolute atomic E-state index is 0.0942. The van der Waals surface area contributed by atoms with Crippen LogP contribution < -0.4 is 4.74 Å². The number of halogens is 3. The molecule has 0 atom stereocenters. The third kappa shape index (κ3) is 6.21. The van der Waals surface area contributed by atoms with Crippen LogP contribution in [-0.4, -0.2) is 6.61 Å². The number of hydrogen-bond donors (Lipinski definition) is 0. The van der Waals surface area contributed by atoms with Gasteiger partial charge in [0.15, 0.2) is 11.6 Å². The largest absolute Gasteiger partial charge is 0.491 e. The van der Waals surface area contributed by atoms with Crippen molar-refractivity contribution in [3.05, 3.63) is 35.2 Å². The van der Waals surface area contributed by atoms with Crippen molar-refractivity contribution in [2.75, 3.05) is 6.61 Å². The summed E-state index contributed by atoms with van der Waals surface area (Å²) < 4.78 is 46.8. The molecule has 0 saturated heterocycles. The topological polar surface area (TPSA) is 9.23 Å². The Hall–Kier alpha value is -1.45. The minimum atomic E-state index is -2.86. The van der Waals surface area contributed by atoms with Gasteiger partial charge in [-0.25, -0.2) is 13.2 Å². The Kier molecular flexibility index (Phi) is 9.04. The van der Waals surface area contributed by atoms with Gasteiger partial charge in [0.1, 0.15) is 0 Å². The van der Waals surface area contributed by atoms with E-state index in [0.717, 1.165) is 42.4 Å². The first-order chi connectivity index (χ1) is 16.5. The Morgan fingerprint density at radius 3 is 1.82 bits per heavy atom. The Balaban J connectivity index is 1.26. The van der Waals surface area contributed by atoms with Crippen LogP contribution in [0.15, 0.2) is 18.2 Å². The molecule has 0 unspecified atom stereocenters. The summed E-state index contributed by atoms with van der Waals surface area (Å²) in [6.07, 6.45) is 17.1. The van der Waals surface area contributed by atoms with Crippen LogP contribution in [0.2, 0.25) is 0 Å². The fraction of sp³-hybridized carbons (Fsp3) is 0.733. The van der Waals surface area contributed by atoms with Gasteiger partial charge >= 0.3 is 0 Å². The van der Waals surface area contributed by atoms with E-state index in [2.05, 4.69) is 6.92 Å². The van der Waals surface area contributed by atoms with E-state index in [4.69, 9.17) is 4.74 Å². The Morgan fingerprint density at radius 2 is 1.32 bits per heavy atom. The van der Waals surface area contributed by atoms with Crippen molar-refractivity contribution < 1.29 is 17.9 Å². The van der Waals surface area contributed by atoms with Gasteiger partial charge in [0.2, 0.25) is 0 Å². The van der Waals surface area contributed by atoms with E-state index in [1.54, 1.807) is 19.1 Å². The first kappa shape index (κ1) is 25.6. The molecule has 3 aliphatic carbocycles. The Labute approximate surface area is 204 Å². The summed E-state index contributed by atoms with van der Waals surface area (Å²) in [6, 6.07) is 3.02. The lowest BCUT2D eigenvalue weighted by atomic mass is 9.65. The molecule has 0 amide bonds. The molecule has 0 bridgehead atoms. The highest BCUT2D eigenvalue weighted by Gasteiger charge is 2.34. The van der Waals surface area contributed by atoms with E-state index in [9.17, 15) is 13.2 Å². The highest BCUT2D eigenvalue weighted by Crippen LogP contribution is 2.46. The molecule has 1 aromatic rings. The van der Waals surface area contributed by atoms with Crippen LogP contribution in [-0.2, 0) is 0 Å². The molecule has 0 radical (unpaired) electrons. The van der Waals surface area contributed by atoms with Crippen LogP contribution in [0.25, 0.3) is 6.08 Å². The van der Waals surface area contributed by atoms with Gasteiger partial charge in [-0.2, -0.15) is 0 Å². The predicted molar refractivity (Wildman–Crippen MR) is 134 cm³/mol. The van der Waals surface area contributed by atoms with Gasteiger partial charge < -0.3 is 4.74 Å². The summed E-state index contributed by atoms with van der Waals surface area (Å²) in [7, 11) is 0. The second kappa shape index (κ2) is 12.0. The van der Waals surface area contributed by atoms with Crippen molar-refractivity contribution in [2.45, 2.75) is 97.3 Å². The van der Waals surface area contributed by atoms with Crippen molar-refractivity contribution in [3.8, 4) is 5.75 Å². The molecule has 0 aliphatic heterocycles. The van der Waals surface area contributed by atoms with E-state index in [0.29, 0.717) is 5.92 Å². The molecule has 0 heterocycles. The lowest BCUT2D eigenvalue weighted by Gasteiger charge is -2.41. The van der Waals surface area contributed by atoms with E-state index >= 15 is 0 Å². The molecule has 0 aromatic heterocycles. The van der Waals surface area contributed by atoms with Gasteiger partial charge in [-0.05, 0) is 118 Å². The summed E-state index contributed by atoms with van der Waals surface area (Å²) >= 11 is 0. The molecule has 3 fully saturated rings. The second-order valence-electron chi connectivity index (χ2n) is 11.3. The van der Waals surface area contributed by atoms with Crippen LogP contribution >= 0.6 is 0 Å². The molecular formula is C30H43F3O. The van der Waals surface area contributed by atoms with Crippen molar-refractivity contribution in [1.29, 1.82) is 0 Å². The highest BCUT2D eigenvalue weighted by atomic mass is 19.3. The zero-order chi connectivity index (χ0) is 24.1. The number of rotatable bonds is 7. The standard InChI is InChI=1S/C30H43F3O/c1-3-34-27-19-18-26(28(29(27)31)30(32)33)13-8-21-6-11-23(12-7-21)25-16-14-24(15-17-25)22-9-4-20(2)5-10-22/h8,13,18-25,30H,3-7,9-12,14-17H2,1-2H3/b13-8+. The molecule has 0 spiro atoms. The Morgan fingerprint density at radius 1 is 0.824 bits per heavy atom. The van der Waals surface area contributed by atoms with Gasteiger partial charge in [0.05, 0.1) is 12.2 Å². The molecule has 34 heavy (non-hydrogen) atoms. The van der Waals surface area contributed by atoms with Crippen molar-refractivity contribution >= 4 is 6.08 Å². The van der Waals surface area contributed by atoms with Crippen molar-refractivity contribution in [1.82, 2.24) is 0 Å². The SMILES string of the molecule is CCOc1ccc(/C=C/C2CCC(C3CCC(C4CCC(C)CC4)CC3)CC2)c(C(F)F)c1F. The Bertz CT molecular complexity index is 796. The third-order valence-electron chi connectivity index (χ3n) is 9.27. The van der Waals surface area contributed by atoms with Crippen molar-refractivity contribution in [3.63, 3.8) is 0 Å². The number of hydrogen-bond acceptors (Lipinski definition) is 1. The lowest BCUT2D eigenvalue weighted by molar-refractivity contribution is 0.110. The van der Waals surface area contributed by atoms with E-state index in [-0.39, 0.29) is 17.9 Å². The van der Waals surface area contributed by atoms with Gasteiger partial charge in [-0.15, -0.1) is 0 Å². The summed E-state index contributed by atoms with van der Waals surface area (Å²) in [4.78, 5) is 0. The number of benzene rings is 1. The maximum atomic E-state index is 14.5. The zero-order valence-electron chi connectivity index (χ0n) is 21.1. The van der Waals surface area contributed by atoms with Gasteiger partial charge in [-0.3, -0.25) is 0 Å². The van der Waals surface area contributed by atoms with Gasteiger partial charge in [-0.1, -0.05) is 38.0 Å². The van der Waals surface area contributed by atoms with Crippen molar-refractivity contribution in [2.24, 2.45) is 35.5 Å². The van der Waals surface area contributed by atoms with E-state index in [1.807, 2.05) is 6.08 Å². The number of allylic oxidation sites excluding steroid dienone is 1. The first-order valence-electron chi connectivity index (χ1n) is 13.9. The molecule has 3 saturated carbocycles. The summed E-state index contributed by atoms with van der Waals surface area (Å²) in [5, 5.41) is 0. The van der Waals surface area contributed by atoms with Crippen LogP contribution in [0, 0.1) is 41.3 Å². The minimum Gasteiger partial charge on any atom is -0.491 e. The molecule has 1 nitrogen and oxygen atoms in total. The molecule has 1 aromatic carbocycles. The molecule has 4 heteroatoms. The maximum Gasteiger partial charge on any atom is 0.267 e.